The van der Waals surface area contributed by atoms with E-state index < -0.39 is 0 Å². The van der Waals surface area contributed by atoms with Gasteiger partial charge in [-0.3, -0.25) is 14.6 Å². The summed E-state index contributed by atoms with van der Waals surface area (Å²) in [5.41, 5.74) is 5.14. The van der Waals surface area contributed by atoms with Crippen LogP contribution in [0.4, 0.5) is 5.69 Å². The Morgan fingerprint density at radius 3 is 2.57 bits per heavy atom. The number of piperidine rings is 1. The molecular formula is C24H25N3O. The van der Waals surface area contributed by atoms with Gasteiger partial charge in [0.1, 0.15) is 0 Å². The third kappa shape index (κ3) is 2.85. The Kier molecular flexibility index (Phi) is 4.29. The van der Waals surface area contributed by atoms with Crippen molar-refractivity contribution in [1.29, 1.82) is 0 Å². The van der Waals surface area contributed by atoms with Crippen LogP contribution in [0.1, 0.15) is 30.4 Å². The van der Waals surface area contributed by atoms with Gasteiger partial charge in [-0.05, 0) is 44.1 Å². The molecule has 1 fully saturated rings. The Morgan fingerprint density at radius 2 is 1.71 bits per heavy atom. The fourth-order valence-corrected chi connectivity index (χ4v) is 4.53. The third-order valence-electron chi connectivity index (χ3n) is 5.98. The number of hydrogen-bond donors (Lipinski definition) is 0. The Morgan fingerprint density at radius 1 is 0.964 bits per heavy atom. The average molecular weight is 371 g/mol. The molecule has 5 rings (SSSR count). The van der Waals surface area contributed by atoms with Gasteiger partial charge in [0.2, 0.25) is 0 Å². The SMILES string of the molecule is Cn1cc(/C=C2/C(=O)N(CN3CCCCC3)c3ccccc32)c2ccccc21. The lowest BCUT2D eigenvalue weighted by atomic mass is 10.0. The van der Waals surface area contributed by atoms with Gasteiger partial charge in [-0.15, -0.1) is 0 Å². The zero-order valence-corrected chi connectivity index (χ0v) is 16.3. The van der Waals surface area contributed by atoms with Gasteiger partial charge < -0.3 is 4.57 Å². The number of carbonyl (C=O) groups excluding carboxylic acids is 1. The first-order chi connectivity index (χ1) is 13.7. The number of benzene rings is 2. The van der Waals surface area contributed by atoms with Crippen molar-refractivity contribution in [2.24, 2.45) is 7.05 Å². The summed E-state index contributed by atoms with van der Waals surface area (Å²) in [6.07, 6.45) is 7.93. The minimum absolute atomic E-state index is 0.111. The summed E-state index contributed by atoms with van der Waals surface area (Å²) >= 11 is 0. The van der Waals surface area contributed by atoms with Crippen molar-refractivity contribution < 1.29 is 4.79 Å². The molecule has 0 N–H and O–H groups in total. The van der Waals surface area contributed by atoms with Gasteiger partial charge in [-0.25, -0.2) is 0 Å². The van der Waals surface area contributed by atoms with Crippen LogP contribution in [0.3, 0.4) is 0 Å². The van der Waals surface area contributed by atoms with Crippen LogP contribution in [0.2, 0.25) is 0 Å². The van der Waals surface area contributed by atoms with Gasteiger partial charge in [-0.2, -0.15) is 0 Å². The van der Waals surface area contributed by atoms with E-state index in [1.165, 1.54) is 30.2 Å². The fourth-order valence-electron chi connectivity index (χ4n) is 4.53. The molecule has 2 aliphatic heterocycles. The zero-order valence-electron chi connectivity index (χ0n) is 16.3. The number of amides is 1. The van der Waals surface area contributed by atoms with Crippen molar-refractivity contribution in [3.05, 3.63) is 65.9 Å². The van der Waals surface area contributed by atoms with E-state index in [1.807, 2.05) is 17.0 Å². The molecular weight excluding hydrogens is 346 g/mol. The van der Waals surface area contributed by atoms with E-state index in [9.17, 15) is 4.79 Å². The molecule has 0 radical (unpaired) electrons. The van der Waals surface area contributed by atoms with Crippen LogP contribution in [0.15, 0.2) is 54.7 Å². The number of nitrogens with zero attached hydrogens (tertiary/aromatic N) is 3. The largest absolute Gasteiger partial charge is 0.350 e. The number of rotatable bonds is 3. The van der Waals surface area contributed by atoms with Crippen LogP contribution >= 0.6 is 0 Å². The molecule has 2 aliphatic rings. The first-order valence-electron chi connectivity index (χ1n) is 10.1. The van der Waals surface area contributed by atoms with Crippen LogP contribution < -0.4 is 4.90 Å². The summed E-state index contributed by atoms with van der Waals surface area (Å²) in [6, 6.07) is 16.5. The number of hydrogen-bond acceptors (Lipinski definition) is 2. The molecule has 2 aromatic carbocycles. The van der Waals surface area contributed by atoms with Crippen molar-refractivity contribution in [2.45, 2.75) is 19.3 Å². The molecule has 142 valence electrons. The van der Waals surface area contributed by atoms with E-state index in [0.29, 0.717) is 6.67 Å². The molecule has 0 unspecified atom stereocenters. The lowest BCUT2D eigenvalue weighted by Gasteiger charge is -2.30. The molecule has 4 nitrogen and oxygen atoms in total. The summed E-state index contributed by atoms with van der Waals surface area (Å²) in [5.74, 6) is 0.111. The minimum atomic E-state index is 0.111. The van der Waals surface area contributed by atoms with Crippen LogP contribution in [-0.4, -0.2) is 35.1 Å². The maximum Gasteiger partial charge on any atom is 0.260 e. The molecule has 28 heavy (non-hydrogen) atoms. The number of anilines is 1. The fraction of sp³-hybridized carbons (Fsp3) is 0.292. The number of fused-ring (bicyclic) bond motifs is 2. The summed E-state index contributed by atoms with van der Waals surface area (Å²) < 4.78 is 2.12. The highest BCUT2D eigenvalue weighted by atomic mass is 16.2. The van der Waals surface area contributed by atoms with E-state index in [1.54, 1.807) is 0 Å². The predicted octanol–water partition coefficient (Wildman–Crippen LogP) is 4.51. The minimum Gasteiger partial charge on any atom is -0.350 e. The molecule has 3 heterocycles. The van der Waals surface area contributed by atoms with Gasteiger partial charge in [0, 0.05) is 40.8 Å². The molecule has 3 aromatic rings. The number of aryl methyl sites for hydroxylation is 1. The van der Waals surface area contributed by atoms with Gasteiger partial charge in [-0.1, -0.05) is 42.8 Å². The van der Waals surface area contributed by atoms with Gasteiger partial charge in [0.25, 0.3) is 5.91 Å². The zero-order chi connectivity index (χ0) is 19.1. The summed E-state index contributed by atoms with van der Waals surface area (Å²) in [6.45, 7) is 2.84. The van der Waals surface area contributed by atoms with E-state index in [4.69, 9.17) is 0 Å². The number of para-hydroxylation sites is 2. The standard InChI is InChI=1S/C24H25N3O/c1-25-16-18(19-9-3-5-11-22(19)25)15-21-20-10-4-6-12-23(20)27(24(21)28)17-26-13-7-2-8-14-26/h3-6,9-12,15-16H,2,7-8,13-14,17H2,1H3/b21-15+. The average Bonchev–Trinajstić information content (AvgIpc) is 3.19. The topological polar surface area (TPSA) is 28.5 Å². The second-order valence-corrected chi connectivity index (χ2v) is 7.84. The van der Waals surface area contributed by atoms with Crippen molar-refractivity contribution in [3.8, 4) is 0 Å². The quantitative estimate of drug-likeness (QED) is 0.634. The smallest absolute Gasteiger partial charge is 0.260 e. The molecule has 1 amide bonds. The van der Waals surface area contributed by atoms with Crippen LogP contribution in [0.25, 0.3) is 22.6 Å². The van der Waals surface area contributed by atoms with Crippen molar-refractivity contribution in [2.75, 3.05) is 24.7 Å². The maximum absolute atomic E-state index is 13.4. The van der Waals surface area contributed by atoms with Crippen molar-refractivity contribution in [3.63, 3.8) is 0 Å². The number of aromatic nitrogens is 1. The van der Waals surface area contributed by atoms with E-state index in [0.717, 1.165) is 35.5 Å². The Hall–Kier alpha value is -2.85. The van der Waals surface area contributed by atoms with Gasteiger partial charge >= 0.3 is 0 Å². The molecule has 0 bridgehead atoms. The summed E-state index contributed by atoms with van der Waals surface area (Å²) in [5, 5.41) is 1.18. The summed E-state index contributed by atoms with van der Waals surface area (Å²) in [4.78, 5) is 17.8. The normalized spacial score (nSPS) is 19.0. The van der Waals surface area contributed by atoms with Gasteiger partial charge in [0.15, 0.2) is 0 Å². The van der Waals surface area contributed by atoms with Crippen molar-refractivity contribution in [1.82, 2.24) is 9.47 Å². The van der Waals surface area contributed by atoms with Crippen LogP contribution in [0, 0.1) is 0 Å². The Labute approximate surface area is 165 Å². The maximum atomic E-state index is 13.4. The first-order valence-corrected chi connectivity index (χ1v) is 10.1. The van der Waals surface area contributed by atoms with Gasteiger partial charge in [0.05, 0.1) is 12.4 Å². The van der Waals surface area contributed by atoms with E-state index in [2.05, 4.69) is 65.2 Å². The molecule has 1 saturated heterocycles. The molecule has 4 heteroatoms. The lowest BCUT2D eigenvalue weighted by Crippen LogP contribution is -2.42. The second-order valence-electron chi connectivity index (χ2n) is 7.84. The molecule has 1 aromatic heterocycles. The van der Waals surface area contributed by atoms with Crippen molar-refractivity contribution >= 4 is 34.1 Å². The van der Waals surface area contributed by atoms with Crippen LogP contribution in [0.5, 0.6) is 0 Å². The lowest BCUT2D eigenvalue weighted by molar-refractivity contribution is -0.113. The first kappa shape index (κ1) is 17.3. The highest BCUT2D eigenvalue weighted by Gasteiger charge is 2.33. The van der Waals surface area contributed by atoms with E-state index in [-0.39, 0.29) is 5.91 Å². The molecule has 0 aliphatic carbocycles. The molecule has 0 spiro atoms. The summed E-state index contributed by atoms with van der Waals surface area (Å²) in [7, 11) is 2.05. The number of carbonyl (C=O) groups is 1. The third-order valence-corrected chi connectivity index (χ3v) is 5.98. The Balaban J connectivity index is 1.56. The molecule has 0 atom stereocenters. The highest BCUT2D eigenvalue weighted by Crippen LogP contribution is 2.38. The Bertz CT molecular complexity index is 1070. The predicted molar refractivity (Wildman–Crippen MR) is 115 cm³/mol. The van der Waals surface area contributed by atoms with Crippen LogP contribution in [-0.2, 0) is 11.8 Å². The highest BCUT2D eigenvalue weighted by molar-refractivity contribution is 6.36. The second kappa shape index (κ2) is 6.95. The monoisotopic (exact) mass is 371 g/mol. The number of likely N-dealkylation sites (tertiary alicyclic amines) is 1. The van der Waals surface area contributed by atoms with E-state index >= 15 is 0 Å². The molecule has 0 saturated carbocycles.